The number of benzene rings is 2. The second kappa shape index (κ2) is 32.9. The fourth-order valence-corrected chi connectivity index (χ4v) is 9.18. The molecule has 72 heavy (non-hydrogen) atoms. The van der Waals surface area contributed by atoms with E-state index >= 15 is 0 Å². The molecule has 2 fully saturated rings. The minimum Gasteiger partial charge on any atom is -0.469 e. The summed E-state index contributed by atoms with van der Waals surface area (Å²) >= 11 is 0. The van der Waals surface area contributed by atoms with E-state index in [4.69, 9.17) is 4.52 Å². The van der Waals surface area contributed by atoms with Gasteiger partial charge < -0.3 is 28.6 Å². The van der Waals surface area contributed by atoms with E-state index in [-0.39, 0.29) is 54.6 Å². The van der Waals surface area contributed by atoms with Crippen LogP contribution < -0.4 is 0 Å². The van der Waals surface area contributed by atoms with Crippen molar-refractivity contribution < 1.29 is 69.7 Å². The molecule has 4 rings (SSSR count). The maximum Gasteiger partial charge on any atom is 0.327 e. The van der Waals surface area contributed by atoms with E-state index in [2.05, 4.69) is 33.7 Å². The van der Waals surface area contributed by atoms with Crippen molar-refractivity contribution >= 4 is 49.0 Å². The van der Waals surface area contributed by atoms with Crippen LogP contribution in [-0.4, -0.2) is 123 Å². The van der Waals surface area contributed by atoms with E-state index in [1.165, 1.54) is 56.2 Å². The zero-order chi connectivity index (χ0) is 53.7. The van der Waals surface area contributed by atoms with Crippen molar-refractivity contribution in [3.05, 3.63) is 83.9 Å². The predicted octanol–water partition coefficient (Wildman–Crippen LogP) is 10.4. The molecule has 0 bridgehead atoms. The van der Waals surface area contributed by atoms with E-state index in [1.54, 1.807) is 0 Å². The number of rotatable bonds is 30. The number of alkyl halides is 4. The maximum absolute atomic E-state index is 14.0. The number of carbonyl (C=O) groups excluding carboxylic acids is 7. The van der Waals surface area contributed by atoms with E-state index in [0.29, 0.717) is 57.7 Å². The summed E-state index contributed by atoms with van der Waals surface area (Å²) in [4.78, 5) is 82.8. The first kappa shape index (κ1) is 63.1. The quantitative estimate of drug-likeness (QED) is 0.0182. The fraction of sp³-hybridized carbons (Fsp3) is 0.611. The zero-order valence-electron chi connectivity index (χ0n) is 43.0. The van der Waals surface area contributed by atoms with Gasteiger partial charge in [-0.3, -0.25) is 33.3 Å². The number of Topliss-reactive ketones (excluding diaryl/α,β-unsaturated/α-hetero) is 1. The molecular formula is C54H77F4N2O11P. The average Bonchev–Trinajstić information content (AvgIpc) is 3.73. The molecule has 2 aromatic carbocycles. The first-order valence-electron chi connectivity index (χ1n) is 25.0. The predicted molar refractivity (Wildman–Crippen MR) is 268 cm³/mol. The first-order valence-corrected chi connectivity index (χ1v) is 27.3. The van der Waals surface area contributed by atoms with Crippen LogP contribution in [0.1, 0.15) is 128 Å². The minimum atomic E-state index is -3.42. The molecule has 2 amide bonds. The Morgan fingerprint density at radius 3 is 1.50 bits per heavy atom. The molecule has 2 aliphatic rings. The second-order valence-electron chi connectivity index (χ2n) is 18.7. The molecule has 1 unspecified atom stereocenters. The lowest BCUT2D eigenvalue weighted by atomic mass is 9.96. The van der Waals surface area contributed by atoms with Gasteiger partial charge in [0.25, 0.3) is 11.8 Å². The molecule has 0 N–H and O–H groups in total. The third kappa shape index (κ3) is 23.7. The van der Waals surface area contributed by atoms with Crippen molar-refractivity contribution in [2.45, 2.75) is 153 Å². The minimum absolute atomic E-state index is 0.0424. The lowest BCUT2D eigenvalue weighted by Crippen LogP contribution is -2.37. The summed E-state index contributed by atoms with van der Waals surface area (Å²) < 4.78 is 80.1. The van der Waals surface area contributed by atoms with Crippen molar-refractivity contribution in [2.24, 2.45) is 11.8 Å². The number of nitrogens with zero attached hydrogens (tertiary/aromatic N) is 2. The third-order valence-corrected chi connectivity index (χ3v) is 14.4. The van der Waals surface area contributed by atoms with Crippen molar-refractivity contribution in [3.8, 4) is 0 Å². The Morgan fingerprint density at radius 2 is 1.07 bits per heavy atom. The standard InChI is InChI=1S/C26H35F2NO4.C15H23O3P.C13H19F2NO4/c1-20(11-10-14-21-12-6-5-7-13-21)23(30)17-16-22-19-26(27,28)25(32)29(22)18-9-4-3-8-15-24(31)33-2;1-13(15(16)12-19(3,17)18-2)8-7-11-14-9-5-4-6-10-14;1-20-11(18)6-4-2-3-5-7-16-10(9-17)8-13(14,15)12(16)19/h5-7,12-13,16-17,20,22H,3-4,8-11,14-15,18-19H2,1-2H3;4-6,9-10,13H,7-8,11-12H2,1-3H3;9-10H,2-8H2,1H3/b17-16+;;/t20-,22-;13-,19?;10-/m001/s1. The van der Waals surface area contributed by atoms with Gasteiger partial charge in [-0.1, -0.05) is 106 Å². The summed E-state index contributed by atoms with van der Waals surface area (Å²) in [6.45, 7) is 5.63. The number of aldehydes is 1. The molecule has 0 radical (unpaired) electrons. The number of halogens is 4. The number of aryl methyl sites for hydroxylation is 2. The monoisotopic (exact) mass is 1040 g/mol. The Labute approximate surface area is 423 Å². The van der Waals surface area contributed by atoms with E-state index in [9.17, 15) is 55.7 Å². The molecule has 0 saturated carbocycles. The van der Waals surface area contributed by atoms with Gasteiger partial charge in [-0.25, -0.2) is 0 Å². The molecule has 2 heterocycles. The molecule has 402 valence electrons. The Bertz CT molecular complexity index is 2070. The molecule has 0 spiro atoms. The van der Waals surface area contributed by atoms with Gasteiger partial charge in [0.05, 0.1) is 32.5 Å². The number of methoxy groups -OCH3 is 2. The highest BCUT2D eigenvalue weighted by molar-refractivity contribution is 7.59. The Morgan fingerprint density at radius 1 is 0.653 bits per heavy atom. The van der Waals surface area contributed by atoms with Crippen molar-refractivity contribution in [1.29, 1.82) is 0 Å². The van der Waals surface area contributed by atoms with Crippen LogP contribution in [0.15, 0.2) is 72.8 Å². The molecule has 2 aromatic rings. The summed E-state index contributed by atoms with van der Waals surface area (Å²) in [6, 6.07) is 18.5. The summed E-state index contributed by atoms with van der Waals surface area (Å²) in [7, 11) is 1.33. The molecule has 0 aromatic heterocycles. The molecule has 0 aliphatic carbocycles. The average molecular weight is 1040 g/mol. The lowest BCUT2D eigenvalue weighted by Gasteiger charge is -2.21. The molecule has 2 saturated heterocycles. The first-order chi connectivity index (χ1) is 34.1. The van der Waals surface area contributed by atoms with Crippen molar-refractivity contribution in [3.63, 3.8) is 0 Å². The summed E-state index contributed by atoms with van der Waals surface area (Å²) in [6.07, 6.45) is 13.2. The van der Waals surface area contributed by atoms with Gasteiger partial charge in [0.2, 0.25) is 7.37 Å². The largest absolute Gasteiger partial charge is 0.469 e. The number of hydrogen-bond donors (Lipinski definition) is 0. The number of hydrogen-bond acceptors (Lipinski definition) is 11. The highest BCUT2D eigenvalue weighted by Crippen LogP contribution is 2.42. The molecular weight excluding hydrogens is 960 g/mol. The number of ether oxygens (including phenoxy) is 2. The SMILES string of the molecule is COC(=O)CCCCCCN1C(=O)C(F)(F)C[C@@H]1/C=C/C(=O)[C@@H](C)CCCc1ccccc1.COC(=O)CCCCCCN1C(=O)C(F)(F)C[C@@H]1C=O.COP(C)(=O)CC(=O)[C@@H](C)CCCc1ccccc1. The van der Waals surface area contributed by atoms with Gasteiger partial charge in [0.1, 0.15) is 12.1 Å². The highest BCUT2D eigenvalue weighted by atomic mass is 31.2. The van der Waals surface area contributed by atoms with Gasteiger partial charge in [-0.2, -0.15) is 17.6 Å². The van der Waals surface area contributed by atoms with Crippen LogP contribution in [0.25, 0.3) is 0 Å². The van der Waals surface area contributed by atoms with Crippen LogP contribution in [-0.2, 0) is 65.0 Å². The van der Waals surface area contributed by atoms with E-state index < -0.39 is 56.0 Å². The number of esters is 2. The van der Waals surface area contributed by atoms with Gasteiger partial charge in [0.15, 0.2) is 5.78 Å². The van der Waals surface area contributed by atoms with Gasteiger partial charge in [0, 0.05) is 64.4 Å². The van der Waals surface area contributed by atoms with Crippen LogP contribution in [0, 0.1) is 11.8 Å². The normalized spacial score (nSPS) is 18.5. The van der Waals surface area contributed by atoms with E-state index in [1.807, 2.05) is 50.2 Å². The summed E-state index contributed by atoms with van der Waals surface area (Å²) in [5.41, 5.74) is 2.51. The van der Waals surface area contributed by atoms with Crippen molar-refractivity contribution in [1.82, 2.24) is 9.80 Å². The number of carbonyl (C=O) groups is 7. The Kier molecular flexibility index (Phi) is 28.9. The van der Waals surface area contributed by atoms with Crippen molar-refractivity contribution in [2.75, 3.05) is 47.2 Å². The molecule has 2 aliphatic heterocycles. The van der Waals surface area contributed by atoms with Crippen LogP contribution in [0.5, 0.6) is 0 Å². The van der Waals surface area contributed by atoms with Crippen LogP contribution in [0.3, 0.4) is 0 Å². The zero-order valence-corrected chi connectivity index (χ0v) is 43.9. The number of allylic oxidation sites excluding steroid dienone is 1. The molecule has 18 heteroatoms. The van der Waals surface area contributed by atoms with Crippen LogP contribution in [0.2, 0.25) is 0 Å². The van der Waals surface area contributed by atoms with Gasteiger partial charge >= 0.3 is 23.8 Å². The summed E-state index contributed by atoms with van der Waals surface area (Å²) in [5.74, 6) is -10.1. The summed E-state index contributed by atoms with van der Waals surface area (Å²) in [5, 5.41) is 0. The number of ketones is 2. The Hall–Kier alpha value is -5.02. The second-order valence-corrected chi connectivity index (χ2v) is 21.4. The smallest absolute Gasteiger partial charge is 0.327 e. The maximum atomic E-state index is 14.0. The molecule has 5 atom stereocenters. The lowest BCUT2D eigenvalue weighted by molar-refractivity contribution is -0.148. The number of likely N-dealkylation sites (tertiary alicyclic amines) is 2. The number of amides is 2. The fourth-order valence-electron chi connectivity index (χ4n) is 8.18. The number of unbranched alkanes of at least 4 members (excludes halogenated alkanes) is 6. The molecule has 13 nitrogen and oxygen atoms in total. The Balaban J connectivity index is 0.000000393. The highest BCUT2D eigenvalue weighted by Gasteiger charge is 2.53. The third-order valence-electron chi connectivity index (χ3n) is 12.8. The van der Waals surface area contributed by atoms with E-state index in [0.717, 1.165) is 56.3 Å². The van der Waals surface area contributed by atoms with Gasteiger partial charge in [-0.15, -0.1) is 0 Å². The van der Waals surface area contributed by atoms with Gasteiger partial charge in [-0.05, 0) is 81.4 Å². The van der Waals surface area contributed by atoms with Crippen LogP contribution >= 0.6 is 7.37 Å². The van der Waals surface area contributed by atoms with Crippen LogP contribution in [0.4, 0.5) is 17.6 Å². The topological polar surface area (TPSA) is 171 Å².